The molecule has 0 spiro atoms. The Morgan fingerprint density at radius 1 is 1.24 bits per heavy atom. The number of hydrogen-bond acceptors (Lipinski definition) is 4. The molecule has 21 heavy (non-hydrogen) atoms. The Bertz CT molecular complexity index is 513. The van der Waals surface area contributed by atoms with Crippen molar-refractivity contribution in [1.82, 2.24) is 10.2 Å². The molecule has 1 aromatic carbocycles. The molecule has 0 aromatic heterocycles. The van der Waals surface area contributed by atoms with E-state index in [-0.39, 0.29) is 11.9 Å². The second kappa shape index (κ2) is 6.72. The van der Waals surface area contributed by atoms with E-state index in [0.717, 1.165) is 19.4 Å². The third kappa shape index (κ3) is 3.61. The summed E-state index contributed by atoms with van der Waals surface area (Å²) in [6.45, 7) is 3.20. The monoisotopic (exact) mass is 290 g/mol. The zero-order valence-electron chi connectivity index (χ0n) is 12.8. The number of methoxy groups -OCH3 is 1. The maximum atomic E-state index is 12.3. The third-order valence-corrected chi connectivity index (χ3v) is 4.19. The van der Waals surface area contributed by atoms with Crippen molar-refractivity contribution in [3.63, 3.8) is 0 Å². The molecule has 1 amide bonds. The average Bonchev–Trinajstić information content (AvgIpc) is 2.51. The number of hydrogen-bond donors (Lipinski definition) is 1. The molecule has 0 bridgehead atoms. The van der Waals surface area contributed by atoms with Crippen LogP contribution in [0.5, 0.6) is 0 Å². The Morgan fingerprint density at radius 2 is 1.86 bits per heavy atom. The van der Waals surface area contributed by atoms with E-state index in [2.05, 4.69) is 28.9 Å². The van der Waals surface area contributed by atoms with E-state index in [1.165, 1.54) is 7.11 Å². The second-order valence-electron chi connectivity index (χ2n) is 5.51. The number of amides is 1. The Hall–Kier alpha value is -1.88. The molecule has 0 unspecified atom stereocenters. The van der Waals surface area contributed by atoms with Gasteiger partial charge in [-0.05, 0) is 57.6 Å². The first-order valence-corrected chi connectivity index (χ1v) is 7.22. The number of carbonyl (C=O) groups is 2. The quantitative estimate of drug-likeness (QED) is 0.861. The van der Waals surface area contributed by atoms with Crippen LogP contribution in [-0.4, -0.2) is 49.6 Å². The first-order valence-electron chi connectivity index (χ1n) is 7.22. The highest BCUT2D eigenvalue weighted by molar-refractivity contribution is 5.96. The molecule has 1 saturated heterocycles. The largest absolute Gasteiger partial charge is 0.465 e. The van der Waals surface area contributed by atoms with Crippen molar-refractivity contribution < 1.29 is 14.3 Å². The van der Waals surface area contributed by atoms with Crippen molar-refractivity contribution in [1.29, 1.82) is 0 Å². The molecule has 5 heteroatoms. The van der Waals surface area contributed by atoms with Gasteiger partial charge in [0.2, 0.25) is 0 Å². The smallest absolute Gasteiger partial charge is 0.337 e. The summed E-state index contributed by atoms with van der Waals surface area (Å²) < 4.78 is 4.64. The SMILES string of the molecule is COC(=O)c1ccc(C(=O)N[C@@H]2CCCN(C)[C@@H]2C)cc1. The number of likely N-dealkylation sites (tertiary alicyclic amines) is 1. The molecule has 2 atom stereocenters. The van der Waals surface area contributed by atoms with Crippen molar-refractivity contribution in [2.75, 3.05) is 20.7 Å². The van der Waals surface area contributed by atoms with Gasteiger partial charge < -0.3 is 15.0 Å². The van der Waals surface area contributed by atoms with Crippen molar-refractivity contribution in [3.05, 3.63) is 35.4 Å². The van der Waals surface area contributed by atoms with Gasteiger partial charge >= 0.3 is 5.97 Å². The molecule has 0 radical (unpaired) electrons. The zero-order chi connectivity index (χ0) is 15.4. The van der Waals surface area contributed by atoms with Crippen LogP contribution in [0, 0.1) is 0 Å². The first kappa shape index (κ1) is 15.5. The molecule has 1 N–H and O–H groups in total. The lowest BCUT2D eigenvalue weighted by molar-refractivity contribution is 0.0600. The van der Waals surface area contributed by atoms with Gasteiger partial charge in [0.1, 0.15) is 0 Å². The third-order valence-electron chi connectivity index (χ3n) is 4.19. The van der Waals surface area contributed by atoms with Gasteiger partial charge in [-0.15, -0.1) is 0 Å². The lowest BCUT2D eigenvalue weighted by Gasteiger charge is -2.37. The minimum absolute atomic E-state index is 0.0986. The molecule has 1 fully saturated rings. The molecule has 0 aliphatic carbocycles. The van der Waals surface area contributed by atoms with Gasteiger partial charge in [0, 0.05) is 17.6 Å². The standard InChI is InChI=1S/C16H22N2O3/c1-11-14(5-4-10-18(11)2)17-15(19)12-6-8-13(9-7-12)16(20)21-3/h6-9,11,14H,4-5,10H2,1-3H3,(H,17,19)/t11-,14-/m1/s1. The van der Waals surface area contributed by atoms with Crippen LogP contribution in [0.3, 0.4) is 0 Å². The minimum atomic E-state index is -0.399. The van der Waals surface area contributed by atoms with Crippen LogP contribution in [0.4, 0.5) is 0 Å². The van der Waals surface area contributed by atoms with Crippen molar-refractivity contribution in [2.45, 2.75) is 31.8 Å². The summed E-state index contributed by atoms with van der Waals surface area (Å²) in [6.07, 6.45) is 2.09. The predicted molar refractivity (Wildman–Crippen MR) is 80.4 cm³/mol. The molecule has 1 aliphatic rings. The molecule has 1 aromatic rings. The maximum absolute atomic E-state index is 12.3. The van der Waals surface area contributed by atoms with Crippen LogP contribution in [0.2, 0.25) is 0 Å². The Morgan fingerprint density at radius 3 is 2.48 bits per heavy atom. The fraction of sp³-hybridized carbons (Fsp3) is 0.500. The summed E-state index contributed by atoms with van der Waals surface area (Å²) in [5.41, 5.74) is 1.00. The van der Waals surface area contributed by atoms with Crippen LogP contribution in [0.25, 0.3) is 0 Å². The van der Waals surface area contributed by atoms with Crippen LogP contribution >= 0.6 is 0 Å². The molecule has 5 nitrogen and oxygen atoms in total. The fourth-order valence-electron chi connectivity index (χ4n) is 2.63. The van der Waals surface area contributed by atoms with E-state index >= 15 is 0 Å². The van der Waals surface area contributed by atoms with E-state index in [0.29, 0.717) is 17.2 Å². The normalized spacial score (nSPS) is 22.6. The van der Waals surface area contributed by atoms with Gasteiger partial charge in [-0.25, -0.2) is 4.79 Å². The van der Waals surface area contributed by atoms with Crippen molar-refractivity contribution in [2.24, 2.45) is 0 Å². The van der Waals surface area contributed by atoms with E-state index in [4.69, 9.17) is 0 Å². The van der Waals surface area contributed by atoms with E-state index in [1.807, 2.05) is 0 Å². The molecule has 114 valence electrons. The first-order chi connectivity index (χ1) is 10.0. The van der Waals surface area contributed by atoms with Gasteiger partial charge in [-0.1, -0.05) is 0 Å². The lowest BCUT2D eigenvalue weighted by Crippen LogP contribution is -2.52. The number of esters is 1. The summed E-state index contributed by atoms with van der Waals surface area (Å²) in [6, 6.07) is 7.01. The molecular weight excluding hydrogens is 268 g/mol. The van der Waals surface area contributed by atoms with E-state index < -0.39 is 5.97 Å². The average molecular weight is 290 g/mol. The number of rotatable bonds is 3. The van der Waals surface area contributed by atoms with E-state index in [1.54, 1.807) is 24.3 Å². The Balaban J connectivity index is 2.01. The van der Waals surface area contributed by atoms with Gasteiger partial charge in [0.15, 0.2) is 0 Å². The van der Waals surface area contributed by atoms with Crippen LogP contribution < -0.4 is 5.32 Å². The van der Waals surface area contributed by atoms with Crippen LogP contribution in [0.1, 0.15) is 40.5 Å². The predicted octanol–water partition coefficient (Wildman–Crippen LogP) is 1.69. The number of carbonyl (C=O) groups excluding carboxylic acids is 2. The van der Waals surface area contributed by atoms with Gasteiger partial charge in [-0.3, -0.25) is 4.79 Å². The number of nitrogens with one attached hydrogen (secondary N) is 1. The fourth-order valence-corrected chi connectivity index (χ4v) is 2.63. The van der Waals surface area contributed by atoms with Crippen molar-refractivity contribution in [3.8, 4) is 0 Å². The number of likely N-dealkylation sites (N-methyl/N-ethyl adjacent to an activating group) is 1. The lowest BCUT2D eigenvalue weighted by atomic mass is 9.97. The summed E-state index contributed by atoms with van der Waals surface area (Å²) >= 11 is 0. The van der Waals surface area contributed by atoms with Gasteiger partial charge in [0.05, 0.1) is 12.7 Å². The zero-order valence-corrected chi connectivity index (χ0v) is 12.8. The van der Waals surface area contributed by atoms with Crippen LogP contribution in [-0.2, 0) is 4.74 Å². The molecule has 0 saturated carbocycles. The molecule has 1 heterocycles. The number of piperidine rings is 1. The van der Waals surface area contributed by atoms with Crippen molar-refractivity contribution >= 4 is 11.9 Å². The topological polar surface area (TPSA) is 58.6 Å². The Labute approximate surface area is 125 Å². The maximum Gasteiger partial charge on any atom is 0.337 e. The highest BCUT2D eigenvalue weighted by Gasteiger charge is 2.26. The number of benzene rings is 1. The second-order valence-corrected chi connectivity index (χ2v) is 5.51. The Kier molecular flexibility index (Phi) is 4.96. The van der Waals surface area contributed by atoms with Gasteiger partial charge in [-0.2, -0.15) is 0 Å². The highest BCUT2D eigenvalue weighted by atomic mass is 16.5. The summed E-state index contributed by atoms with van der Waals surface area (Å²) in [4.78, 5) is 25.9. The van der Waals surface area contributed by atoms with E-state index in [9.17, 15) is 9.59 Å². The number of ether oxygens (including phenoxy) is 1. The van der Waals surface area contributed by atoms with Crippen LogP contribution in [0.15, 0.2) is 24.3 Å². The summed E-state index contributed by atoms with van der Waals surface area (Å²) in [5.74, 6) is -0.497. The molecular formula is C16H22N2O3. The minimum Gasteiger partial charge on any atom is -0.465 e. The summed E-state index contributed by atoms with van der Waals surface area (Å²) in [5, 5.41) is 3.08. The van der Waals surface area contributed by atoms with Gasteiger partial charge in [0.25, 0.3) is 5.91 Å². The number of nitrogens with zero attached hydrogens (tertiary/aromatic N) is 1. The summed E-state index contributed by atoms with van der Waals surface area (Å²) in [7, 11) is 3.41. The molecule has 1 aliphatic heterocycles. The molecule has 2 rings (SSSR count). The highest BCUT2D eigenvalue weighted by Crippen LogP contribution is 2.16.